The first-order valence-electron chi connectivity index (χ1n) is 6.70. The Balaban J connectivity index is 2.83. The van der Waals surface area contributed by atoms with Gasteiger partial charge >= 0.3 is 11.9 Å². The van der Waals surface area contributed by atoms with Crippen LogP contribution in [0, 0.1) is 11.8 Å². The number of rotatable bonds is 5. The molecule has 1 heterocycles. The highest BCUT2D eigenvalue weighted by atomic mass is 16.6. The number of nitrogens with one attached hydrogen (secondary N) is 1. The second-order valence-electron chi connectivity index (χ2n) is 4.44. The highest BCUT2D eigenvalue weighted by Gasteiger charge is 2.38. The molecule has 0 bridgehead atoms. The number of hydrogen-bond acceptors (Lipinski definition) is 5. The van der Waals surface area contributed by atoms with Gasteiger partial charge in [0.1, 0.15) is 0 Å². The summed E-state index contributed by atoms with van der Waals surface area (Å²) in [5, 5.41) is 2.73. The van der Waals surface area contributed by atoms with Crippen LogP contribution < -0.4 is 5.32 Å². The van der Waals surface area contributed by atoms with Crippen LogP contribution in [0.15, 0.2) is 0 Å². The van der Waals surface area contributed by atoms with Gasteiger partial charge in [-0.15, -0.1) is 0 Å². The first kappa shape index (κ1) is 15.5. The number of carbonyl (C=O) groups is 3. The van der Waals surface area contributed by atoms with E-state index in [0.717, 1.165) is 6.42 Å². The average molecular weight is 271 g/mol. The Hall–Kier alpha value is -1.59. The molecule has 1 amide bonds. The standard InChI is InChI=1S/C13H21NO5/c1-3-18-12(16)11(13(17)19-4-2)9-6-5-7-14-10(15)8-9/h9,11H,3-8H2,1-2H3,(H,14,15). The van der Waals surface area contributed by atoms with E-state index in [2.05, 4.69) is 5.32 Å². The molecule has 0 spiro atoms. The lowest BCUT2D eigenvalue weighted by atomic mass is 9.86. The highest BCUT2D eigenvalue weighted by Crippen LogP contribution is 2.26. The molecule has 1 saturated heterocycles. The van der Waals surface area contributed by atoms with Crippen molar-refractivity contribution in [2.24, 2.45) is 11.8 Å². The van der Waals surface area contributed by atoms with Crippen LogP contribution in [0.4, 0.5) is 0 Å². The van der Waals surface area contributed by atoms with Crippen molar-refractivity contribution in [2.75, 3.05) is 19.8 Å². The van der Waals surface area contributed by atoms with Gasteiger partial charge in [0, 0.05) is 13.0 Å². The van der Waals surface area contributed by atoms with E-state index in [0.29, 0.717) is 13.0 Å². The topological polar surface area (TPSA) is 81.7 Å². The van der Waals surface area contributed by atoms with E-state index in [9.17, 15) is 14.4 Å². The van der Waals surface area contributed by atoms with E-state index in [-0.39, 0.29) is 31.5 Å². The van der Waals surface area contributed by atoms with Gasteiger partial charge in [-0.2, -0.15) is 0 Å². The largest absolute Gasteiger partial charge is 0.465 e. The molecule has 1 unspecified atom stereocenters. The number of carbonyl (C=O) groups excluding carboxylic acids is 3. The summed E-state index contributed by atoms with van der Waals surface area (Å²) in [5.74, 6) is -2.67. The summed E-state index contributed by atoms with van der Waals surface area (Å²) in [7, 11) is 0. The number of ether oxygens (including phenoxy) is 2. The Morgan fingerprint density at radius 1 is 1.26 bits per heavy atom. The molecule has 6 heteroatoms. The maximum Gasteiger partial charge on any atom is 0.320 e. The first-order valence-corrected chi connectivity index (χ1v) is 6.70. The van der Waals surface area contributed by atoms with Gasteiger partial charge in [0.2, 0.25) is 5.91 Å². The third kappa shape index (κ3) is 4.54. The van der Waals surface area contributed by atoms with Crippen LogP contribution in [0.1, 0.15) is 33.1 Å². The fourth-order valence-corrected chi connectivity index (χ4v) is 2.23. The van der Waals surface area contributed by atoms with E-state index >= 15 is 0 Å². The fourth-order valence-electron chi connectivity index (χ4n) is 2.23. The number of hydrogen-bond donors (Lipinski definition) is 1. The molecule has 1 aliphatic heterocycles. The maximum atomic E-state index is 11.9. The normalized spacial score (nSPS) is 19.5. The predicted molar refractivity (Wildman–Crippen MR) is 67.1 cm³/mol. The van der Waals surface area contributed by atoms with Crippen LogP contribution in [0.2, 0.25) is 0 Å². The zero-order valence-electron chi connectivity index (χ0n) is 11.4. The maximum absolute atomic E-state index is 11.9. The minimum atomic E-state index is -0.997. The minimum absolute atomic E-state index is 0.138. The minimum Gasteiger partial charge on any atom is -0.465 e. The molecule has 1 atom stereocenters. The summed E-state index contributed by atoms with van der Waals surface area (Å²) in [4.78, 5) is 35.4. The molecule has 1 aliphatic rings. The SMILES string of the molecule is CCOC(=O)C(C(=O)OCC)C1CCCNC(=O)C1. The van der Waals surface area contributed by atoms with Crippen LogP contribution in [-0.2, 0) is 23.9 Å². The average Bonchev–Trinajstić information content (AvgIpc) is 2.55. The molecule has 1 rings (SSSR count). The number of esters is 2. The van der Waals surface area contributed by atoms with Crippen LogP contribution in [0.3, 0.4) is 0 Å². The van der Waals surface area contributed by atoms with E-state index in [1.165, 1.54) is 0 Å². The summed E-state index contributed by atoms with van der Waals surface area (Å²) < 4.78 is 9.86. The van der Waals surface area contributed by atoms with Gasteiger partial charge < -0.3 is 14.8 Å². The second-order valence-corrected chi connectivity index (χ2v) is 4.44. The third-order valence-electron chi connectivity index (χ3n) is 3.07. The Labute approximate surface area is 112 Å². The van der Waals surface area contributed by atoms with Crippen molar-refractivity contribution in [2.45, 2.75) is 33.1 Å². The van der Waals surface area contributed by atoms with Gasteiger partial charge in [-0.3, -0.25) is 14.4 Å². The zero-order valence-corrected chi connectivity index (χ0v) is 11.4. The van der Waals surface area contributed by atoms with Gasteiger partial charge in [0.15, 0.2) is 5.92 Å². The number of amides is 1. The van der Waals surface area contributed by atoms with Crippen molar-refractivity contribution in [3.8, 4) is 0 Å². The van der Waals surface area contributed by atoms with Crippen molar-refractivity contribution >= 4 is 17.8 Å². The van der Waals surface area contributed by atoms with Crippen molar-refractivity contribution in [3.05, 3.63) is 0 Å². The zero-order chi connectivity index (χ0) is 14.3. The Kier molecular flexibility index (Phi) is 6.32. The lowest BCUT2D eigenvalue weighted by Crippen LogP contribution is -2.36. The molecule has 0 radical (unpaired) electrons. The molecule has 6 nitrogen and oxygen atoms in total. The van der Waals surface area contributed by atoms with Crippen LogP contribution >= 0.6 is 0 Å². The smallest absolute Gasteiger partial charge is 0.320 e. The first-order chi connectivity index (χ1) is 9.10. The lowest BCUT2D eigenvalue weighted by Gasteiger charge is -2.21. The van der Waals surface area contributed by atoms with Crippen LogP contribution in [0.5, 0.6) is 0 Å². The fraction of sp³-hybridized carbons (Fsp3) is 0.769. The van der Waals surface area contributed by atoms with Gasteiger partial charge in [-0.1, -0.05) is 0 Å². The molecule has 1 N–H and O–H groups in total. The van der Waals surface area contributed by atoms with Gasteiger partial charge in [0.25, 0.3) is 0 Å². The van der Waals surface area contributed by atoms with Crippen molar-refractivity contribution in [3.63, 3.8) is 0 Å². The summed E-state index contributed by atoms with van der Waals surface area (Å²) in [6.07, 6.45) is 1.52. The molecule has 19 heavy (non-hydrogen) atoms. The summed E-state index contributed by atoms with van der Waals surface area (Å²) >= 11 is 0. The molecule has 0 aromatic rings. The molecule has 1 fully saturated rings. The molecular weight excluding hydrogens is 250 g/mol. The molecular formula is C13H21NO5. The molecule has 0 saturated carbocycles. The quantitative estimate of drug-likeness (QED) is 0.586. The van der Waals surface area contributed by atoms with E-state index in [1.807, 2.05) is 0 Å². The van der Waals surface area contributed by atoms with E-state index < -0.39 is 17.9 Å². The van der Waals surface area contributed by atoms with Crippen molar-refractivity contribution < 1.29 is 23.9 Å². The summed E-state index contributed by atoms with van der Waals surface area (Å²) in [6, 6.07) is 0. The van der Waals surface area contributed by atoms with Gasteiger partial charge in [-0.25, -0.2) is 0 Å². The van der Waals surface area contributed by atoms with E-state index in [4.69, 9.17) is 9.47 Å². The van der Waals surface area contributed by atoms with Crippen LogP contribution in [-0.4, -0.2) is 37.6 Å². The lowest BCUT2D eigenvalue weighted by molar-refractivity contribution is -0.164. The van der Waals surface area contributed by atoms with Gasteiger partial charge in [0.05, 0.1) is 13.2 Å². The highest BCUT2D eigenvalue weighted by molar-refractivity contribution is 5.96. The summed E-state index contributed by atoms with van der Waals surface area (Å²) in [6.45, 7) is 4.34. The monoisotopic (exact) mass is 271 g/mol. The summed E-state index contributed by atoms with van der Waals surface area (Å²) in [5.41, 5.74) is 0. The Morgan fingerprint density at radius 2 is 1.84 bits per heavy atom. The van der Waals surface area contributed by atoms with Crippen LogP contribution in [0.25, 0.3) is 0 Å². The Morgan fingerprint density at radius 3 is 2.37 bits per heavy atom. The van der Waals surface area contributed by atoms with Gasteiger partial charge in [-0.05, 0) is 32.6 Å². The molecule has 0 aromatic heterocycles. The second kappa shape index (κ2) is 7.76. The van der Waals surface area contributed by atoms with E-state index in [1.54, 1.807) is 13.8 Å². The third-order valence-corrected chi connectivity index (χ3v) is 3.07. The molecule has 0 aromatic carbocycles. The molecule has 0 aliphatic carbocycles. The van der Waals surface area contributed by atoms with Crippen molar-refractivity contribution in [1.82, 2.24) is 5.32 Å². The Bertz CT molecular complexity index is 324. The predicted octanol–water partition coefficient (Wildman–Crippen LogP) is 0.645. The van der Waals surface area contributed by atoms with Crippen molar-refractivity contribution in [1.29, 1.82) is 0 Å². The molecule has 108 valence electrons.